The van der Waals surface area contributed by atoms with Gasteiger partial charge in [-0.1, -0.05) is 0 Å². The molecule has 6 heteroatoms. The fourth-order valence-corrected chi connectivity index (χ4v) is 1.02. The van der Waals surface area contributed by atoms with Crippen molar-refractivity contribution in [2.24, 2.45) is 0 Å². The summed E-state index contributed by atoms with van der Waals surface area (Å²) in [7, 11) is 1.52. The Morgan fingerprint density at radius 3 is 2.60 bits per heavy atom. The van der Waals surface area contributed by atoms with Crippen molar-refractivity contribution in [3.05, 3.63) is 0 Å². The lowest BCUT2D eigenvalue weighted by Crippen LogP contribution is -2.49. The predicted octanol–water partition coefficient (Wildman–Crippen LogP) is -1.19. The molecule has 0 fully saturated rings. The molecule has 4 N–H and O–H groups in total. The van der Waals surface area contributed by atoms with Gasteiger partial charge in [0.25, 0.3) is 0 Å². The molecule has 0 rings (SSSR count). The number of aliphatic hydroxyl groups is 2. The third-order valence-corrected chi connectivity index (χ3v) is 2.04. The van der Waals surface area contributed by atoms with E-state index in [1.54, 1.807) is 0 Å². The normalized spacial score (nSPS) is 17.1. The molecule has 0 aromatic carbocycles. The monoisotopic (exact) mass is 221 g/mol. The summed E-state index contributed by atoms with van der Waals surface area (Å²) < 4.78 is 4.88. The van der Waals surface area contributed by atoms with Crippen LogP contribution in [-0.4, -0.2) is 59.8 Å². The van der Waals surface area contributed by atoms with Crippen LogP contribution in [0.1, 0.15) is 13.3 Å². The molecule has 0 saturated carbocycles. The molecule has 2 atom stereocenters. The van der Waals surface area contributed by atoms with Gasteiger partial charge in [0.15, 0.2) is 5.60 Å². The quantitative estimate of drug-likeness (QED) is 0.411. The first-order valence-corrected chi connectivity index (χ1v) is 4.73. The molecule has 0 aromatic rings. The van der Waals surface area contributed by atoms with E-state index < -0.39 is 11.6 Å². The molecule has 15 heavy (non-hydrogen) atoms. The summed E-state index contributed by atoms with van der Waals surface area (Å²) in [6.07, 6.45) is 0.448. The number of hydrogen-bond acceptors (Lipinski definition) is 5. The van der Waals surface area contributed by atoms with Crippen molar-refractivity contribution in [2.75, 3.05) is 26.9 Å². The van der Waals surface area contributed by atoms with Crippen molar-refractivity contribution in [3.8, 4) is 0 Å². The fourth-order valence-electron chi connectivity index (χ4n) is 1.02. The van der Waals surface area contributed by atoms with E-state index in [-0.39, 0.29) is 19.2 Å². The van der Waals surface area contributed by atoms with Crippen LogP contribution in [0.15, 0.2) is 0 Å². The Bertz CT molecular complexity index is 189. The van der Waals surface area contributed by atoms with Gasteiger partial charge in [0.2, 0.25) is 0 Å². The van der Waals surface area contributed by atoms with Gasteiger partial charge in [0, 0.05) is 26.3 Å². The van der Waals surface area contributed by atoms with Gasteiger partial charge in [-0.3, -0.25) is 0 Å². The Hall–Kier alpha value is -0.690. The number of carboxylic acid groups (broad SMARTS) is 1. The number of nitrogens with one attached hydrogen (secondary N) is 1. The number of rotatable bonds is 8. The van der Waals surface area contributed by atoms with Gasteiger partial charge in [0.1, 0.15) is 0 Å². The minimum absolute atomic E-state index is 0.0176. The smallest absolute Gasteiger partial charge is 0.336 e. The third kappa shape index (κ3) is 5.68. The van der Waals surface area contributed by atoms with Crippen LogP contribution in [0.3, 0.4) is 0 Å². The number of methoxy groups -OCH3 is 1. The number of aliphatic carboxylic acids is 1. The van der Waals surface area contributed by atoms with Crippen LogP contribution in [0.4, 0.5) is 0 Å². The van der Waals surface area contributed by atoms with Crippen LogP contribution in [0.2, 0.25) is 0 Å². The number of carboxylic acids is 1. The number of carbonyl (C=O) groups is 1. The third-order valence-electron chi connectivity index (χ3n) is 2.04. The molecule has 0 radical (unpaired) electrons. The van der Waals surface area contributed by atoms with E-state index in [0.29, 0.717) is 13.0 Å². The Morgan fingerprint density at radius 1 is 1.60 bits per heavy atom. The van der Waals surface area contributed by atoms with Crippen molar-refractivity contribution < 1.29 is 24.9 Å². The zero-order valence-corrected chi connectivity index (χ0v) is 9.06. The molecule has 0 aliphatic heterocycles. The first kappa shape index (κ1) is 14.3. The van der Waals surface area contributed by atoms with E-state index in [0.717, 1.165) is 0 Å². The molecule has 0 saturated heterocycles. The fraction of sp³-hybridized carbons (Fsp3) is 0.889. The van der Waals surface area contributed by atoms with Crippen LogP contribution in [0.5, 0.6) is 0 Å². The zero-order chi connectivity index (χ0) is 11.9. The molecule has 6 nitrogen and oxygen atoms in total. The lowest BCUT2D eigenvalue weighted by atomic mass is 10.1. The summed E-state index contributed by atoms with van der Waals surface area (Å²) in [6.45, 7) is 1.47. The maximum Gasteiger partial charge on any atom is 0.336 e. The molecule has 90 valence electrons. The highest BCUT2D eigenvalue weighted by molar-refractivity contribution is 5.76. The molecule has 0 amide bonds. The van der Waals surface area contributed by atoms with Gasteiger partial charge in [-0.05, 0) is 13.3 Å². The molecule has 0 aromatic heterocycles. The van der Waals surface area contributed by atoms with E-state index in [4.69, 9.17) is 14.9 Å². The van der Waals surface area contributed by atoms with E-state index in [1.165, 1.54) is 14.0 Å². The summed E-state index contributed by atoms with van der Waals surface area (Å²) in [5.74, 6) is -1.28. The van der Waals surface area contributed by atoms with Gasteiger partial charge in [-0.15, -0.1) is 0 Å². The highest BCUT2D eigenvalue weighted by Gasteiger charge is 2.30. The lowest BCUT2D eigenvalue weighted by Gasteiger charge is -2.23. The summed E-state index contributed by atoms with van der Waals surface area (Å²) in [6, 6.07) is -0.161. The Balaban J connectivity index is 4.02. The second-order valence-electron chi connectivity index (χ2n) is 3.62. The van der Waals surface area contributed by atoms with Crippen molar-refractivity contribution in [3.63, 3.8) is 0 Å². The summed E-state index contributed by atoms with van der Waals surface area (Å²) in [5, 5.41) is 29.6. The molecule has 0 aliphatic rings. The Morgan fingerprint density at radius 2 is 2.20 bits per heavy atom. The standard InChI is InChI=1S/C9H19NO5/c1-9(14,8(12)13)6-10-7(3-4-11)5-15-2/h7,10-11,14H,3-6H2,1-2H3,(H,12,13). The highest BCUT2D eigenvalue weighted by atomic mass is 16.5. The highest BCUT2D eigenvalue weighted by Crippen LogP contribution is 2.02. The predicted molar refractivity (Wildman–Crippen MR) is 53.6 cm³/mol. The average Bonchev–Trinajstić information content (AvgIpc) is 2.15. The molecule has 2 unspecified atom stereocenters. The second kappa shape index (κ2) is 6.73. The van der Waals surface area contributed by atoms with Gasteiger partial charge >= 0.3 is 5.97 Å². The van der Waals surface area contributed by atoms with Crippen LogP contribution >= 0.6 is 0 Å². The van der Waals surface area contributed by atoms with Crippen molar-refractivity contribution in [1.29, 1.82) is 0 Å². The summed E-state index contributed by atoms with van der Waals surface area (Å²) in [5.41, 5.74) is -1.80. The molecule has 0 spiro atoms. The number of aliphatic hydroxyl groups excluding tert-OH is 1. The van der Waals surface area contributed by atoms with Crippen LogP contribution in [-0.2, 0) is 9.53 Å². The molecule has 0 bridgehead atoms. The largest absolute Gasteiger partial charge is 0.479 e. The van der Waals surface area contributed by atoms with Gasteiger partial charge < -0.3 is 25.4 Å². The van der Waals surface area contributed by atoms with Gasteiger partial charge in [-0.2, -0.15) is 0 Å². The maximum absolute atomic E-state index is 10.6. The number of ether oxygens (including phenoxy) is 1. The first-order chi connectivity index (χ1) is 6.94. The van der Waals surface area contributed by atoms with Crippen molar-refractivity contribution in [1.82, 2.24) is 5.32 Å². The molecule has 0 heterocycles. The lowest BCUT2D eigenvalue weighted by molar-refractivity contribution is -0.156. The SMILES string of the molecule is COCC(CCO)NCC(C)(O)C(=O)O. The summed E-state index contributed by atoms with van der Waals surface area (Å²) in [4.78, 5) is 10.6. The Labute approximate surface area is 88.9 Å². The minimum Gasteiger partial charge on any atom is -0.479 e. The van der Waals surface area contributed by atoms with Gasteiger partial charge in [-0.25, -0.2) is 4.79 Å². The van der Waals surface area contributed by atoms with Crippen LogP contribution in [0.25, 0.3) is 0 Å². The zero-order valence-electron chi connectivity index (χ0n) is 9.06. The first-order valence-electron chi connectivity index (χ1n) is 4.73. The average molecular weight is 221 g/mol. The molecular weight excluding hydrogens is 202 g/mol. The van der Waals surface area contributed by atoms with E-state index >= 15 is 0 Å². The molecular formula is C9H19NO5. The second-order valence-corrected chi connectivity index (χ2v) is 3.62. The minimum atomic E-state index is -1.80. The molecule has 0 aliphatic carbocycles. The van der Waals surface area contributed by atoms with E-state index in [2.05, 4.69) is 5.32 Å². The number of hydrogen-bond donors (Lipinski definition) is 4. The van der Waals surface area contributed by atoms with Crippen molar-refractivity contribution in [2.45, 2.75) is 25.0 Å². The van der Waals surface area contributed by atoms with Crippen molar-refractivity contribution >= 4 is 5.97 Å². The topological polar surface area (TPSA) is 99.0 Å². The summed E-state index contributed by atoms with van der Waals surface area (Å²) >= 11 is 0. The van der Waals surface area contributed by atoms with Crippen LogP contribution < -0.4 is 5.32 Å². The van der Waals surface area contributed by atoms with Crippen LogP contribution in [0, 0.1) is 0 Å². The Kier molecular flexibility index (Phi) is 6.42. The van der Waals surface area contributed by atoms with E-state index in [9.17, 15) is 9.90 Å². The maximum atomic E-state index is 10.6. The van der Waals surface area contributed by atoms with E-state index in [1.807, 2.05) is 0 Å². The van der Waals surface area contributed by atoms with Gasteiger partial charge in [0.05, 0.1) is 6.61 Å².